The minimum absolute atomic E-state index is 0.178. The van der Waals surface area contributed by atoms with Crippen LogP contribution in [0.1, 0.15) is 21.9 Å². The van der Waals surface area contributed by atoms with Crippen LogP contribution in [0.2, 0.25) is 0 Å². The van der Waals surface area contributed by atoms with Crippen molar-refractivity contribution in [2.75, 3.05) is 0 Å². The van der Waals surface area contributed by atoms with Crippen LogP contribution in [0.15, 0.2) is 29.1 Å². The number of nitrogens with zero attached hydrogens (tertiary/aromatic N) is 5. The Morgan fingerprint density at radius 3 is 3.00 bits per heavy atom. The summed E-state index contributed by atoms with van der Waals surface area (Å²) in [5, 5.41) is 19.0. The van der Waals surface area contributed by atoms with Crippen LogP contribution >= 0.6 is 11.3 Å². The third-order valence-corrected chi connectivity index (χ3v) is 3.65. The van der Waals surface area contributed by atoms with E-state index in [9.17, 15) is 4.79 Å². The second-order valence-corrected chi connectivity index (χ2v) is 5.39. The van der Waals surface area contributed by atoms with Gasteiger partial charge < -0.3 is 5.32 Å². The quantitative estimate of drug-likeness (QED) is 0.788. The van der Waals surface area contributed by atoms with E-state index in [1.165, 1.54) is 0 Å². The smallest absolute Gasteiger partial charge is 0.269 e. The van der Waals surface area contributed by atoms with E-state index in [0.717, 1.165) is 11.4 Å². The van der Waals surface area contributed by atoms with Crippen molar-refractivity contribution >= 4 is 17.2 Å². The molecule has 1 N–H and O–H groups in total. The lowest BCUT2D eigenvalue weighted by atomic mass is 10.3. The molecule has 0 radical (unpaired) electrons. The number of aryl methyl sites for hydroxylation is 2. The maximum absolute atomic E-state index is 12.1. The molecule has 3 aromatic heterocycles. The first-order chi connectivity index (χ1) is 10.1. The Hall–Kier alpha value is -2.48. The SMILES string of the molecule is Cc1cc(C(=O)NCc2cn(-c3ccsc3)nn2)n(C)n1. The van der Waals surface area contributed by atoms with Crippen LogP contribution in [0.4, 0.5) is 0 Å². The Labute approximate surface area is 125 Å². The molecule has 0 aliphatic rings. The van der Waals surface area contributed by atoms with Crippen LogP contribution < -0.4 is 5.32 Å². The molecule has 0 fully saturated rings. The van der Waals surface area contributed by atoms with E-state index in [-0.39, 0.29) is 5.91 Å². The molecular weight excluding hydrogens is 288 g/mol. The van der Waals surface area contributed by atoms with E-state index in [1.807, 2.05) is 23.8 Å². The van der Waals surface area contributed by atoms with Crippen LogP contribution in [0.25, 0.3) is 5.69 Å². The van der Waals surface area contributed by atoms with Gasteiger partial charge in [-0.1, -0.05) is 5.21 Å². The lowest BCUT2D eigenvalue weighted by Gasteiger charge is -2.02. The molecule has 3 aromatic rings. The molecule has 21 heavy (non-hydrogen) atoms. The zero-order valence-electron chi connectivity index (χ0n) is 11.6. The predicted octanol–water partition coefficient (Wildman–Crippen LogP) is 1.30. The maximum Gasteiger partial charge on any atom is 0.269 e. The average molecular weight is 302 g/mol. The molecule has 0 atom stereocenters. The molecule has 0 aliphatic carbocycles. The second-order valence-electron chi connectivity index (χ2n) is 4.61. The van der Waals surface area contributed by atoms with Gasteiger partial charge in [-0.15, -0.1) is 5.10 Å². The van der Waals surface area contributed by atoms with Gasteiger partial charge in [-0.05, 0) is 24.4 Å². The van der Waals surface area contributed by atoms with Crippen molar-refractivity contribution in [2.24, 2.45) is 7.05 Å². The van der Waals surface area contributed by atoms with Crippen LogP contribution in [0.3, 0.4) is 0 Å². The first-order valence-corrected chi connectivity index (χ1v) is 7.30. The average Bonchev–Trinajstić information content (AvgIpc) is 3.15. The summed E-state index contributed by atoms with van der Waals surface area (Å²) in [6, 6.07) is 3.71. The molecule has 7 nitrogen and oxygen atoms in total. The van der Waals surface area contributed by atoms with E-state index in [0.29, 0.717) is 17.9 Å². The zero-order chi connectivity index (χ0) is 14.8. The van der Waals surface area contributed by atoms with Gasteiger partial charge in [0.05, 0.1) is 24.1 Å². The fourth-order valence-corrected chi connectivity index (χ4v) is 2.60. The topological polar surface area (TPSA) is 77.6 Å². The van der Waals surface area contributed by atoms with Gasteiger partial charge >= 0.3 is 0 Å². The van der Waals surface area contributed by atoms with Gasteiger partial charge in [-0.25, -0.2) is 4.68 Å². The first kappa shape index (κ1) is 13.5. The number of nitrogens with one attached hydrogen (secondary N) is 1. The van der Waals surface area contributed by atoms with Crippen LogP contribution in [-0.2, 0) is 13.6 Å². The summed E-state index contributed by atoms with van der Waals surface area (Å²) in [6.45, 7) is 2.18. The third kappa shape index (κ3) is 2.84. The highest BCUT2D eigenvalue weighted by atomic mass is 32.1. The molecule has 0 unspecified atom stereocenters. The molecule has 8 heteroatoms. The molecule has 0 saturated heterocycles. The third-order valence-electron chi connectivity index (χ3n) is 2.98. The number of hydrogen-bond donors (Lipinski definition) is 1. The van der Waals surface area contributed by atoms with Crippen molar-refractivity contribution in [2.45, 2.75) is 13.5 Å². The van der Waals surface area contributed by atoms with E-state index in [1.54, 1.807) is 40.0 Å². The largest absolute Gasteiger partial charge is 0.345 e. The predicted molar refractivity (Wildman–Crippen MR) is 78.4 cm³/mol. The highest BCUT2D eigenvalue weighted by molar-refractivity contribution is 7.08. The Balaban J connectivity index is 1.65. The number of aromatic nitrogens is 5. The Kier molecular flexibility index (Phi) is 3.53. The van der Waals surface area contributed by atoms with Crippen molar-refractivity contribution in [3.8, 4) is 5.69 Å². The van der Waals surface area contributed by atoms with Gasteiger partial charge in [0.15, 0.2) is 0 Å². The molecular formula is C13H14N6OS. The van der Waals surface area contributed by atoms with E-state index < -0.39 is 0 Å². The van der Waals surface area contributed by atoms with Crippen molar-refractivity contribution in [1.82, 2.24) is 30.1 Å². The van der Waals surface area contributed by atoms with Crippen LogP contribution in [-0.4, -0.2) is 30.7 Å². The number of carbonyl (C=O) groups excluding carboxylic acids is 1. The molecule has 0 aromatic carbocycles. The minimum atomic E-state index is -0.178. The normalized spacial score (nSPS) is 10.8. The second kappa shape index (κ2) is 5.49. The fourth-order valence-electron chi connectivity index (χ4n) is 1.98. The summed E-state index contributed by atoms with van der Waals surface area (Å²) in [5.41, 5.74) is 3.00. The van der Waals surface area contributed by atoms with Crippen molar-refractivity contribution in [3.63, 3.8) is 0 Å². The van der Waals surface area contributed by atoms with E-state index in [2.05, 4.69) is 20.7 Å². The zero-order valence-corrected chi connectivity index (χ0v) is 12.5. The van der Waals surface area contributed by atoms with Crippen molar-refractivity contribution in [3.05, 3.63) is 46.2 Å². The van der Waals surface area contributed by atoms with Gasteiger partial charge in [-0.2, -0.15) is 16.4 Å². The van der Waals surface area contributed by atoms with Gasteiger partial charge in [0, 0.05) is 12.4 Å². The summed E-state index contributed by atoms with van der Waals surface area (Å²) < 4.78 is 3.25. The summed E-state index contributed by atoms with van der Waals surface area (Å²) in [5.74, 6) is -0.178. The monoisotopic (exact) mass is 302 g/mol. The Morgan fingerprint density at radius 2 is 2.33 bits per heavy atom. The summed E-state index contributed by atoms with van der Waals surface area (Å²) >= 11 is 1.60. The molecule has 0 aliphatic heterocycles. The van der Waals surface area contributed by atoms with Gasteiger partial charge in [-0.3, -0.25) is 9.48 Å². The molecule has 3 heterocycles. The number of hydrogen-bond acceptors (Lipinski definition) is 5. The standard InChI is InChI=1S/C13H14N6OS/c1-9-5-12(18(2)16-9)13(20)14-6-10-7-19(17-15-10)11-3-4-21-8-11/h3-5,7-8H,6H2,1-2H3,(H,14,20). The van der Waals surface area contributed by atoms with E-state index in [4.69, 9.17) is 0 Å². The number of thiophene rings is 1. The molecule has 0 spiro atoms. The molecule has 1 amide bonds. The molecule has 0 saturated carbocycles. The molecule has 108 valence electrons. The van der Waals surface area contributed by atoms with Gasteiger partial charge in [0.25, 0.3) is 5.91 Å². The fraction of sp³-hybridized carbons (Fsp3) is 0.231. The summed E-state index contributed by atoms with van der Waals surface area (Å²) in [7, 11) is 1.74. The number of rotatable bonds is 4. The lowest BCUT2D eigenvalue weighted by Crippen LogP contribution is -2.25. The van der Waals surface area contributed by atoms with Crippen molar-refractivity contribution in [1.29, 1.82) is 0 Å². The Morgan fingerprint density at radius 1 is 1.48 bits per heavy atom. The van der Waals surface area contributed by atoms with Crippen LogP contribution in [0.5, 0.6) is 0 Å². The summed E-state index contributed by atoms with van der Waals surface area (Å²) in [4.78, 5) is 12.1. The van der Waals surface area contributed by atoms with Gasteiger partial charge in [0.2, 0.25) is 0 Å². The highest BCUT2D eigenvalue weighted by Gasteiger charge is 2.12. The van der Waals surface area contributed by atoms with E-state index >= 15 is 0 Å². The summed E-state index contributed by atoms with van der Waals surface area (Å²) in [6.07, 6.45) is 1.80. The van der Waals surface area contributed by atoms with Crippen molar-refractivity contribution < 1.29 is 4.79 Å². The first-order valence-electron chi connectivity index (χ1n) is 6.36. The highest BCUT2D eigenvalue weighted by Crippen LogP contribution is 2.11. The molecule has 3 rings (SSSR count). The Bertz CT molecular complexity index is 758. The molecule has 0 bridgehead atoms. The lowest BCUT2D eigenvalue weighted by molar-refractivity contribution is 0.0941. The minimum Gasteiger partial charge on any atom is -0.345 e. The number of amides is 1. The van der Waals surface area contributed by atoms with Gasteiger partial charge in [0.1, 0.15) is 11.4 Å². The maximum atomic E-state index is 12.1. The van der Waals surface area contributed by atoms with Crippen LogP contribution in [0, 0.1) is 6.92 Å². The number of carbonyl (C=O) groups is 1.